The molecule has 28 heavy (non-hydrogen) atoms. The van der Waals surface area contributed by atoms with Crippen molar-refractivity contribution in [2.45, 2.75) is 61.0 Å². The second-order valence-corrected chi connectivity index (χ2v) is 9.30. The Kier molecular flexibility index (Phi) is 8.55. The van der Waals surface area contributed by atoms with Crippen LogP contribution in [0.3, 0.4) is 0 Å². The highest BCUT2D eigenvalue weighted by Gasteiger charge is 2.23. The summed E-state index contributed by atoms with van der Waals surface area (Å²) in [6.07, 6.45) is 9.34. The molecule has 0 radical (unpaired) electrons. The maximum absolute atomic E-state index is 12.0. The monoisotopic (exact) mass is 438 g/mol. The third-order valence-electron chi connectivity index (χ3n) is 4.92. The lowest BCUT2D eigenvalue weighted by Gasteiger charge is -2.16. The number of amides is 1. The van der Waals surface area contributed by atoms with Crippen molar-refractivity contribution in [3.63, 3.8) is 0 Å². The van der Waals surface area contributed by atoms with E-state index in [2.05, 4.69) is 26.3 Å². The van der Waals surface area contributed by atoms with Crippen LogP contribution in [0.15, 0.2) is 34.3 Å². The molecule has 8 heteroatoms. The van der Waals surface area contributed by atoms with Gasteiger partial charge in [0.1, 0.15) is 5.82 Å². The Hall–Kier alpha value is -1.18. The van der Waals surface area contributed by atoms with Crippen LogP contribution in [-0.4, -0.2) is 39.2 Å². The summed E-state index contributed by atoms with van der Waals surface area (Å²) in [6.45, 7) is 0.677. The molecule has 1 fully saturated rings. The number of thioether (sulfide) groups is 2. The predicted molar refractivity (Wildman–Crippen MR) is 117 cm³/mol. The number of carbonyl (C=O) groups is 1. The molecule has 0 atom stereocenters. The fraction of sp³-hybridized carbons (Fsp3) is 0.550. The molecule has 1 aliphatic rings. The summed E-state index contributed by atoms with van der Waals surface area (Å²) in [6, 6.07) is 8.25. The number of hydrogen-bond donors (Lipinski definition) is 1. The molecule has 1 N–H and O–H groups in total. The van der Waals surface area contributed by atoms with Crippen molar-refractivity contribution in [1.82, 2.24) is 20.1 Å². The highest BCUT2D eigenvalue weighted by atomic mass is 35.5. The van der Waals surface area contributed by atoms with E-state index in [1.54, 1.807) is 23.5 Å². The maximum atomic E-state index is 12.0. The first kappa shape index (κ1) is 21.5. The molecular formula is C20H27ClN4OS2. The zero-order chi connectivity index (χ0) is 19.8. The van der Waals surface area contributed by atoms with E-state index in [-0.39, 0.29) is 5.91 Å². The third-order valence-corrected chi connectivity index (χ3v) is 6.83. The summed E-state index contributed by atoms with van der Waals surface area (Å²) < 4.78 is 2.34. The van der Waals surface area contributed by atoms with Gasteiger partial charge < -0.3 is 9.88 Å². The summed E-state index contributed by atoms with van der Waals surface area (Å²) in [4.78, 5) is 13.2. The molecule has 1 aliphatic carbocycles. The second kappa shape index (κ2) is 11.1. The van der Waals surface area contributed by atoms with E-state index in [0.717, 1.165) is 39.5 Å². The van der Waals surface area contributed by atoms with Crippen LogP contribution < -0.4 is 5.32 Å². The van der Waals surface area contributed by atoms with E-state index in [9.17, 15) is 4.79 Å². The molecular weight excluding hydrogens is 412 g/mol. The Balaban J connectivity index is 1.37. The minimum absolute atomic E-state index is 0.100. The largest absolute Gasteiger partial charge is 0.356 e. The topological polar surface area (TPSA) is 59.8 Å². The predicted octanol–water partition coefficient (Wildman–Crippen LogP) is 5.00. The minimum atomic E-state index is 0.100. The number of hydrogen-bond acceptors (Lipinski definition) is 5. The van der Waals surface area contributed by atoms with E-state index in [1.807, 2.05) is 24.3 Å². The van der Waals surface area contributed by atoms with Gasteiger partial charge in [-0.3, -0.25) is 4.79 Å². The number of carbonyl (C=O) groups excluding carboxylic acids is 1. The molecule has 3 rings (SSSR count). The molecule has 0 unspecified atom stereocenters. The maximum Gasteiger partial charge on any atom is 0.220 e. The van der Waals surface area contributed by atoms with Crippen molar-refractivity contribution in [2.24, 2.45) is 0 Å². The first-order valence-electron chi connectivity index (χ1n) is 9.80. The molecule has 1 saturated carbocycles. The van der Waals surface area contributed by atoms with Crippen molar-refractivity contribution < 1.29 is 4.79 Å². The normalized spacial score (nSPS) is 14.5. The molecule has 5 nitrogen and oxygen atoms in total. The van der Waals surface area contributed by atoms with Crippen LogP contribution in [0.4, 0.5) is 0 Å². The number of nitrogens with zero attached hydrogens (tertiary/aromatic N) is 3. The quantitative estimate of drug-likeness (QED) is 0.417. The average Bonchev–Trinajstić information content (AvgIpc) is 3.36. The molecule has 2 aromatic rings. The molecule has 0 bridgehead atoms. The Morgan fingerprint density at radius 3 is 2.71 bits per heavy atom. The van der Waals surface area contributed by atoms with Crippen LogP contribution in [-0.2, 0) is 11.2 Å². The molecule has 0 aliphatic heterocycles. The van der Waals surface area contributed by atoms with Gasteiger partial charge >= 0.3 is 0 Å². The van der Waals surface area contributed by atoms with E-state index in [0.29, 0.717) is 19.0 Å². The lowest BCUT2D eigenvalue weighted by molar-refractivity contribution is -0.120. The Labute approximate surface area is 180 Å². The van der Waals surface area contributed by atoms with E-state index in [4.69, 9.17) is 11.6 Å². The minimum Gasteiger partial charge on any atom is -0.356 e. The van der Waals surface area contributed by atoms with Crippen LogP contribution >= 0.6 is 35.1 Å². The van der Waals surface area contributed by atoms with Crippen molar-refractivity contribution in [2.75, 3.05) is 18.6 Å². The number of nitrogens with one attached hydrogen (secondary N) is 1. The van der Waals surface area contributed by atoms with Gasteiger partial charge in [0, 0.05) is 41.1 Å². The number of rotatable bonds is 10. The Bertz CT molecular complexity index is 760. The van der Waals surface area contributed by atoms with Gasteiger partial charge in [-0.05, 0) is 49.8 Å². The molecule has 0 spiro atoms. The van der Waals surface area contributed by atoms with Gasteiger partial charge in [0.2, 0.25) is 5.91 Å². The van der Waals surface area contributed by atoms with E-state index >= 15 is 0 Å². The van der Waals surface area contributed by atoms with Gasteiger partial charge in [-0.25, -0.2) is 0 Å². The van der Waals surface area contributed by atoms with E-state index in [1.165, 1.54) is 25.7 Å². The standard InChI is InChI=1S/C20H27ClN4OS2/c1-27-20-24-23-18(25(20)16-5-2-3-6-16)7-4-13-22-19(26)12-14-28-17-10-8-15(21)9-11-17/h8-11,16H,2-7,12-14H2,1H3,(H,22,26). The highest BCUT2D eigenvalue weighted by Crippen LogP contribution is 2.33. The van der Waals surface area contributed by atoms with Gasteiger partial charge in [-0.1, -0.05) is 36.2 Å². The molecule has 1 aromatic carbocycles. The number of halogens is 1. The molecule has 1 heterocycles. The summed E-state index contributed by atoms with van der Waals surface area (Å²) in [7, 11) is 0. The molecule has 1 amide bonds. The zero-order valence-corrected chi connectivity index (χ0v) is 18.6. The van der Waals surface area contributed by atoms with Crippen LogP contribution in [0, 0.1) is 0 Å². The van der Waals surface area contributed by atoms with Crippen LogP contribution in [0.2, 0.25) is 5.02 Å². The third kappa shape index (κ3) is 6.16. The second-order valence-electron chi connectivity index (χ2n) is 6.92. The van der Waals surface area contributed by atoms with Crippen LogP contribution in [0.1, 0.15) is 50.4 Å². The molecule has 1 aromatic heterocycles. The fourth-order valence-electron chi connectivity index (χ4n) is 3.50. The van der Waals surface area contributed by atoms with Gasteiger partial charge in [-0.2, -0.15) is 0 Å². The van der Waals surface area contributed by atoms with Crippen molar-refractivity contribution >= 4 is 41.0 Å². The lowest BCUT2D eigenvalue weighted by Crippen LogP contribution is -2.25. The van der Waals surface area contributed by atoms with Crippen LogP contribution in [0.5, 0.6) is 0 Å². The smallest absolute Gasteiger partial charge is 0.220 e. The molecule has 152 valence electrons. The first-order chi connectivity index (χ1) is 13.7. The summed E-state index contributed by atoms with van der Waals surface area (Å²) in [5, 5.41) is 13.5. The summed E-state index contributed by atoms with van der Waals surface area (Å²) in [5.74, 6) is 1.92. The summed E-state index contributed by atoms with van der Waals surface area (Å²) in [5.41, 5.74) is 0. The van der Waals surface area contributed by atoms with Crippen molar-refractivity contribution in [3.8, 4) is 0 Å². The van der Waals surface area contributed by atoms with Crippen molar-refractivity contribution in [1.29, 1.82) is 0 Å². The first-order valence-corrected chi connectivity index (χ1v) is 12.4. The van der Waals surface area contributed by atoms with Gasteiger partial charge in [0.05, 0.1) is 0 Å². The SMILES string of the molecule is CSc1nnc(CCCNC(=O)CCSc2ccc(Cl)cc2)n1C1CCCC1. The Morgan fingerprint density at radius 1 is 1.25 bits per heavy atom. The lowest BCUT2D eigenvalue weighted by atomic mass is 10.2. The fourth-order valence-corrected chi connectivity index (χ4v) is 5.05. The number of aryl methyl sites for hydroxylation is 1. The van der Waals surface area contributed by atoms with Crippen LogP contribution in [0.25, 0.3) is 0 Å². The highest BCUT2D eigenvalue weighted by molar-refractivity contribution is 7.99. The van der Waals surface area contributed by atoms with Gasteiger partial charge in [0.25, 0.3) is 0 Å². The number of benzene rings is 1. The zero-order valence-electron chi connectivity index (χ0n) is 16.2. The van der Waals surface area contributed by atoms with Crippen molar-refractivity contribution in [3.05, 3.63) is 35.1 Å². The average molecular weight is 439 g/mol. The molecule has 0 saturated heterocycles. The Morgan fingerprint density at radius 2 is 2.00 bits per heavy atom. The number of aromatic nitrogens is 3. The summed E-state index contributed by atoms with van der Waals surface area (Å²) >= 11 is 9.22. The van der Waals surface area contributed by atoms with Gasteiger partial charge in [0.15, 0.2) is 5.16 Å². The van der Waals surface area contributed by atoms with Gasteiger partial charge in [-0.15, -0.1) is 22.0 Å². The van der Waals surface area contributed by atoms with E-state index < -0.39 is 0 Å².